The van der Waals surface area contributed by atoms with Gasteiger partial charge in [-0.1, -0.05) is 39.5 Å². The zero-order valence-electron chi connectivity index (χ0n) is 11.3. The van der Waals surface area contributed by atoms with E-state index in [2.05, 4.69) is 26.2 Å². The summed E-state index contributed by atoms with van der Waals surface area (Å²) < 4.78 is 0. The van der Waals surface area contributed by atoms with E-state index in [4.69, 9.17) is 0 Å². The molecule has 0 aromatic carbocycles. The molecule has 0 heterocycles. The van der Waals surface area contributed by atoms with Crippen molar-refractivity contribution in [1.82, 2.24) is 5.32 Å². The van der Waals surface area contributed by atoms with Crippen molar-refractivity contribution in [2.45, 2.75) is 64.8 Å². The largest absolute Gasteiger partial charge is 0.317 e. The van der Waals surface area contributed by atoms with E-state index in [0.29, 0.717) is 0 Å². The van der Waals surface area contributed by atoms with Crippen LogP contribution in [0.1, 0.15) is 58.8 Å². The maximum atomic E-state index is 3.61. The van der Waals surface area contributed by atoms with Crippen LogP contribution in [0.2, 0.25) is 0 Å². The zero-order chi connectivity index (χ0) is 11.5. The van der Waals surface area contributed by atoms with E-state index in [1.165, 1.54) is 44.9 Å². The van der Waals surface area contributed by atoms with Crippen molar-refractivity contribution in [3.8, 4) is 0 Å². The van der Waals surface area contributed by atoms with E-state index < -0.39 is 0 Å². The van der Waals surface area contributed by atoms with Crippen LogP contribution in [0, 0.1) is 23.7 Å². The monoisotopic (exact) mass is 223 g/mol. The first-order chi connectivity index (χ1) is 7.77. The Hall–Kier alpha value is -0.0400. The average Bonchev–Trinajstić information content (AvgIpc) is 3.00. The van der Waals surface area contributed by atoms with Crippen LogP contribution in [-0.2, 0) is 0 Å². The minimum Gasteiger partial charge on any atom is -0.317 e. The molecule has 94 valence electrons. The highest BCUT2D eigenvalue weighted by Crippen LogP contribution is 2.57. The molecule has 0 aromatic rings. The van der Waals surface area contributed by atoms with Gasteiger partial charge in [0, 0.05) is 6.04 Å². The number of hydrogen-bond acceptors (Lipinski definition) is 1. The Balaban J connectivity index is 1.81. The van der Waals surface area contributed by atoms with Crippen LogP contribution in [0.5, 0.6) is 0 Å². The molecule has 0 spiro atoms. The van der Waals surface area contributed by atoms with Crippen LogP contribution in [0.15, 0.2) is 0 Å². The summed E-state index contributed by atoms with van der Waals surface area (Å²) in [5, 5.41) is 3.61. The van der Waals surface area contributed by atoms with Gasteiger partial charge in [0.15, 0.2) is 0 Å². The van der Waals surface area contributed by atoms with Crippen molar-refractivity contribution in [1.29, 1.82) is 0 Å². The summed E-state index contributed by atoms with van der Waals surface area (Å²) >= 11 is 0. The second kappa shape index (κ2) is 5.53. The first kappa shape index (κ1) is 12.4. The van der Waals surface area contributed by atoms with Gasteiger partial charge in [0.1, 0.15) is 0 Å². The maximum Gasteiger partial charge on any atom is 0.0100 e. The van der Waals surface area contributed by atoms with E-state index in [-0.39, 0.29) is 0 Å². The predicted molar refractivity (Wildman–Crippen MR) is 70.5 cm³/mol. The highest BCUT2D eigenvalue weighted by Gasteiger charge is 2.53. The van der Waals surface area contributed by atoms with E-state index >= 15 is 0 Å². The molecule has 0 radical (unpaired) electrons. The van der Waals surface area contributed by atoms with Crippen LogP contribution in [0.25, 0.3) is 0 Å². The van der Waals surface area contributed by atoms with Gasteiger partial charge in [-0.3, -0.25) is 0 Å². The molecule has 4 unspecified atom stereocenters. The number of hydrogen-bond donors (Lipinski definition) is 1. The van der Waals surface area contributed by atoms with Crippen molar-refractivity contribution in [2.24, 2.45) is 23.7 Å². The van der Waals surface area contributed by atoms with Gasteiger partial charge in [-0.05, 0) is 50.0 Å². The summed E-state index contributed by atoms with van der Waals surface area (Å²) in [6.45, 7) is 4.74. The third-order valence-corrected chi connectivity index (χ3v) is 5.00. The van der Waals surface area contributed by atoms with Crippen molar-refractivity contribution in [2.75, 3.05) is 7.05 Å². The fourth-order valence-corrected chi connectivity index (χ4v) is 4.16. The Bertz CT molecular complexity index is 201. The van der Waals surface area contributed by atoms with E-state index in [0.717, 1.165) is 29.7 Å². The molecule has 1 heteroatoms. The van der Waals surface area contributed by atoms with E-state index in [1.807, 2.05) is 0 Å². The quantitative estimate of drug-likeness (QED) is 0.721. The van der Waals surface area contributed by atoms with Crippen molar-refractivity contribution in [3.05, 3.63) is 0 Å². The lowest BCUT2D eigenvalue weighted by molar-refractivity contribution is 0.354. The fourth-order valence-electron chi connectivity index (χ4n) is 4.16. The molecule has 1 nitrogen and oxygen atoms in total. The van der Waals surface area contributed by atoms with Gasteiger partial charge < -0.3 is 5.32 Å². The van der Waals surface area contributed by atoms with E-state index in [1.54, 1.807) is 0 Å². The van der Waals surface area contributed by atoms with Gasteiger partial charge in [0.25, 0.3) is 0 Å². The lowest BCUT2D eigenvalue weighted by atomic mass is 9.93. The zero-order valence-corrected chi connectivity index (χ0v) is 11.3. The third-order valence-electron chi connectivity index (χ3n) is 5.00. The Kier molecular flexibility index (Phi) is 4.29. The molecule has 4 atom stereocenters. The smallest absolute Gasteiger partial charge is 0.0100 e. The predicted octanol–water partition coefficient (Wildman–Crippen LogP) is 3.84. The second-order valence-electron chi connectivity index (χ2n) is 6.21. The van der Waals surface area contributed by atoms with Crippen LogP contribution < -0.4 is 5.32 Å². The molecule has 2 rings (SSSR count). The SMILES string of the molecule is CCCC(C)CC(NC)C1C2CCCCC21. The molecular formula is C15H29N. The van der Waals surface area contributed by atoms with Crippen molar-refractivity contribution < 1.29 is 0 Å². The highest BCUT2D eigenvalue weighted by atomic mass is 14.9. The molecule has 2 saturated carbocycles. The summed E-state index contributed by atoms with van der Waals surface area (Å²) in [5.74, 6) is 4.14. The molecule has 0 amide bonds. The van der Waals surface area contributed by atoms with Crippen LogP contribution in [-0.4, -0.2) is 13.1 Å². The molecular weight excluding hydrogens is 194 g/mol. The summed E-state index contributed by atoms with van der Waals surface area (Å²) in [6.07, 6.45) is 10.2. The van der Waals surface area contributed by atoms with Gasteiger partial charge in [0.05, 0.1) is 0 Å². The van der Waals surface area contributed by atoms with Gasteiger partial charge in [0.2, 0.25) is 0 Å². The molecule has 2 aliphatic rings. The van der Waals surface area contributed by atoms with Gasteiger partial charge >= 0.3 is 0 Å². The Labute approximate surface area is 101 Å². The summed E-state index contributed by atoms with van der Waals surface area (Å²) in [5.41, 5.74) is 0. The first-order valence-electron chi connectivity index (χ1n) is 7.45. The lowest BCUT2D eigenvalue weighted by Gasteiger charge is -2.20. The maximum absolute atomic E-state index is 3.61. The molecule has 1 N–H and O–H groups in total. The van der Waals surface area contributed by atoms with Crippen LogP contribution >= 0.6 is 0 Å². The number of rotatable bonds is 6. The number of nitrogens with one attached hydrogen (secondary N) is 1. The van der Waals surface area contributed by atoms with Crippen LogP contribution in [0.3, 0.4) is 0 Å². The van der Waals surface area contributed by atoms with Crippen molar-refractivity contribution >= 4 is 0 Å². The first-order valence-corrected chi connectivity index (χ1v) is 7.45. The summed E-state index contributed by atoms with van der Waals surface area (Å²) in [7, 11) is 2.17. The minimum absolute atomic E-state index is 0.814. The molecule has 0 aromatic heterocycles. The average molecular weight is 223 g/mol. The molecule has 0 aliphatic heterocycles. The molecule has 0 bridgehead atoms. The van der Waals surface area contributed by atoms with Gasteiger partial charge in [-0.25, -0.2) is 0 Å². The standard InChI is InChI=1S/C15H29N/c1-4-7-11(2)10-14(16-3)15-12-8-5-6-9-13(12)15/h11-16H,4-10H2,1-3H3. The Morgan fingerprint density at radius 3 is 2.31 bits per heavy atom. The molecule has 2 aliphatic carbocycles. The molecule has 0 saturated heterocycles. The highest BCUT2D eigenvalue weighted by molar-refractivity contribution is 5.04. The lowest BCUT2D eigenvalue weighted by Crippen LogP contribution is -2.30. The number of fused-ring (bicyclic) bond motifs is 1. The Morgan fingerprint density at radius 1 is 1.19 bits per heavy atom. The summed E-state index contributed by atoms with van der Waals surface area (Å²) in [4.78, 5) is 0. The van der Waals surface area contributed by atoms with Gasteiger partial charge in [-0.2, -0.15) is 0 Å². The Morgan fingerprint density at radius 2 is 1.81 bits per heavy atom. The topological polar surface area (TPSA) is 12.0 Å². The third kappa shape index (κ3) is 2.61. The second-order valence-corrected chi connectivity index (χ2v) is 6.21. The van der Waals surface area contributed by atoms with Gasteiger partial charge in [-0.15, -0.1) is 0 Å². The molecule has 16 heavy (non-hydrogen) atoms. The molecule has 2 fully saturated rings. The minimum atomic E-state index is 0.814. The van der Waals surface area contributed by atoms with Crippen LogP contribution in [0.4, 0.5) is 0 Å². The van der Waals surface area contributed by atoms with E-state index in [9.17, 15) is 0 Å². The normalized spacial score (nSPS) is 36.6. The summed E-state index contributed by atoms with van der Waals surface area (Å²) in [6, 6.07) is 0.814. The van der Waals surface area contributed by atoms with Crippen molar-refractivity contribution in [3.63, 3.8) is 0 Å². The fraction of sp³-hybridized carbons (Fsp3) is 1.00.